The number of hydrogen-bond donors (Lipinski definition) is 3. The number of halogens is 3. The maximum absolute atomic E-state index is 14.6. The Morgan fingerprint density at radius 1 is 1.09 bits per heavy atom. The first-order chi connectivity index (χ1) is 21.4. The van der Waals surface area contributed by atoms with Gasteiger partial charge in [0.25, 0.3) is 11.8 Å². The molecular formula is C31H38ClF2N6O5+. The molecule has 2 heterocycles. The molecule has 0 spiro atoms. The third-order valence-corrected chi connectivity index (χ3v) is 8.15. The topological polar surface area (TPSA) is 121 Å². The molecule has 0 saturated carbocycles. The highest BCUT2D eigenvalue weighted by Gasteiger charge is 2.27. The van der Waals surface area contributed by atoms with Gasteiger partial charge < -0.3 is 34.4 Å². The third-order valence-electron chi connectivity index (χ3n) is 7.83. The number of nitrogens with one attached hydrogen (secondary N) is 2. The number of rotatable bonds is 11. The molecule has 3 aromatic rings. The third kappa shape index (κ3) is 7.78. The first-order valence-corrected chi connectivity index (χ1v) is 14.9. The molecule has 0 unspecified atom stereocenters. The second-order valence-electron chi connectivity index (χ2n) is 11.3. The van der Waals surface area contributed by atoms with E-state index >= 15 is 0 Å². The fourth-order valence-electron chi connectivity index (χ4n) is 5.36. The largest absolute Gasteiger partial charge is 0.494 e. The van der Waals surface area contributed by atoms with Crippen molar-refractivity contribution in [3.63, 3.8) is 0 Å². The van der Waals surface area contributed by atoms with Gasteiger partial charge in [-0.1, -0.05) is 11.6 Å². The Balaban J connectivity index is 1.35. The number of anilines is 1. The van der Waals surface area contributed by atoms with E-state index in [1.165, 1.54) is 60.2 Å². The lowest BCUT2D eigenvalue weighted by Gasteiger charge is -2.35. The minimum absolute atomic E-state index is 0.00793. The molecule has 1 atom stereocenters. The molecule has 2 aromatic carbocycles. The Hall–Kier alpha value is -4.07. The number of ether oxygens (including phenoxy) is 1. The Morgan fingerprint density at radius 3 is 2.40 bits per heavy atom. The van der Waals surface area contributed by atoms with Gasteiger partial charge in [0, 0.05) is 56.8 Å². The van der Waals surface area contributed by atoms with Gasteiger partial charge in [0.05, 0.1) is 56.8 Å². The number of nitrogens with zero attached hydrogens (tertiary/aromatic N) is 4. The highest BCUT2D eigenvalue weighted by Crippen LogP contribution is 2.30. The van der Waals surface area contributed by atoms with Crippen LogP contribution in [-0.4, -0.2) is 103 Å². The van der Waals surface area contributed by atoms with Crippen molar-refractivity contribution in [2.45, 2.75) is 12.8 Å². The second-order valence-corrected chi connectivity index (χ2v) is 11.7. The van der Waals surface area contributed by atoms with E-state index in [0.29, 0.717) is 44.7 Å². The average molecular weight is 648 g/mol. The highest BCUT2D eigenvalue weighted by atomic mass is 35.5. The van der Waals surface area contributed by atoms with Crippen LogP contribution in [0.15, 0.2) is 36.5 Å². The first kappa shape index (κ1) is 33.8. The summed E-state index contributed by atoms with van der Waals surface area (Å²) in [7, 11) is 6.74. The van der Waals surface area contributed by atoms with Crippen molar-refractivity contribution >= 4 is 35.0 Å². The zero-order chi connectivity index (χ0) is 32.8. The van der Waals surface area contributed by atoms with Gasteiger partial charge in [-0.25, -0.2) is 9.37 Å². The predicted octanol–water partition coefficient (Wildman–Crippen LogP) is 2.10. The number of carbonyl (C=O) groups excluding carboxylic acids is 3. The molecule has 1 fully saturated rings. The maximum Gasteiger partial charge on any atom is 0.291 e. The number of imidazole rings is 1. The number of hydrogen-bond acceptors (Lipinski definition) is 6. The van der Waals surface area contributed by atoms with Gasteiger partial charge in [0.15, 0.2) is 17.4 Å². The quantitative estimate of drug-likeness (QED) is 0.293. The van der Waals surface area contributed by atoms with E-state index < -0.39 is 17.5 Å². The van der Waals surface area contributed by atoms with Gasteiger partial charge in [-0.2, -0.15) is 4.39 Å². The van der Waals surface area contributed by atoms with Crippen molar-refractivity contribution in [2.24, 2.45) is 13.0 Å². The smallest absolute Gasteiger partial charge is 0.291 e. The van der Waals surface area contributed by atoms with Crippen LogP contribution in [0.4, 0.5) is 14.5 Å². The molecule has 0 radical (unpaired) electrons. The summed E-state index contributed by atoms with van der Waals surface area (Å²) in [4.78, 5) is 47.6. The van der Waals surface area contributed by atoms with Crippen molar-refractivity contribution in [1.29, 1.82) is 0 Å². The SMILES string of the molecule is COc1ccc(-c2cnc(C(=O)Nc3ccc(C(=O)N4CCN(C(=O)CC[C@@H](CO)C[NH+](C)C)CC4)c(Cl)c3)n2C)c(F)c1F. The van der Waals surface area contributed by atoms with Crippen LogP contribution in [0, 0.1) is 17.6 Å². The molecule has 45 heavy (non-hydrogen) atoms. The molecule has 0 aliphatic carbocycles. The van der Waals surface area contributed by atoms with E-state index in [0.717, 1.165) is 6.54 Å². The number of benzene rings is 2. The molecule has 242 valence electrons. The van der Waals surface area contributed by atoms with Gasteiger partial charge in [0.2, 0.25) is 11.7 Å². The summed E-state index contributed by atoms with van der Waals surface area (Å²) >= 11 is 6.45. The van der Waals surface area contributed by atoms with Gasteiger partial charge >= 0.3 is 0 Å². The molecular weight excluding hydrogens is 610 g/mol. The van der Waals surface area contributed by atoms with E-state index in [1.807, 2.05) is 14.1 Å². The minimum atomic E-state index is -1.15. The second kappa shape index (κ2) is 14.8. The van der Waals surface area contributed by atoms with E-state index in [2.05, 4.69) is 10.3 Å². The van der Waals surface area contributed by atoms with Gasteiger partial charge in [0.1, 0.15) is 0 Å². The molecule has 3 amide bonds. The summed E-state index contributed by atoms with van der Waals surface area (Å²) in [5.41, 5.74) is 0.650. The van der Waals surface area contributed by atoms with E-state index in [1.54, 1.807) is 9.80 Å². The Morgan fingerprint density at radius 2 is 1.78 bits per heavy atom. The van der Waals surface area contributed by atoms with Crippen LogP contribution in [0.3, 0.4) is 0 Å². The Labute approximate surface area is 265 Å². The van der Waals surface area contributed by atoms with Gasteiger partial charge in [-0.05, 0) is 36.8 Å². The summed E-state index contributed by atoms with van der Waals surface area (Å²) in [5.74, 6) is -3.42. The van der Waals surface area contributed by atoms with Crippen LogP contribution in [0.2, 0.25) is 5.02 Å². The number of piperazine rings is 1. The van der Waals surface area contributed by atoms with E-state index in [-0.39, 0.29) is 57.8 Å². The lowest BCUT2D eigenvalue weighted by atomic mass is 10.0. The fourth-order valence-corrected chi connectivity index (χ4v) is 5.62. The number of aromatic nitrogens is 2. The van der Waals surface area contributed by atoms with Crippen LogP contribution in [0.1, 0.15) is 33.8 Å². The predicted molar refractivity (Wildman–Crippen MR) is 164 cm³/mol. The lowest BCUT2D eigenvalue weighted by Crippen LogP contribution is -3.06. The van der Waals surface area contributed by atoms with Crippen LogP contribution >= 0.6 is 11.6 Å². The summed E-state index contributed by atoms with van der Waals surface area (Å²) in [5, 5.41) is 12.4. The number of aliphatic hydroxyl groups is 1. The zero-order valence-electron chi connectivity index (χ0n) is 25.7. The van der Waals surface area contributed by atoms with Crippen molar-refractivity contribution in [2.75, 3.05) is 65.9 Å². The summed E-state index contributed by atoms with van der Waals surface area (Å²) in [6.07, 6.45) is 2.22. The molecule has 1 aliphatic rings. The van der Waals surface area contributed by atoms with Crippen molar-refractivity contribution in [3.8, 4) is 17.0 Å². The van der Waals surface area contributed by atoms with Crippen LogP contribution in [0.5, 0.6) is 5.75 Å². The Kier molecular flexibility index (Phi) is 11.1. The van der Waals surface area contributed by atoms with Crippen molar-refractivity contribution in [3.05, 3.63) is 64.6 Å². The number of methoxy groups -OCH3 is 1. The molecule has 4 rings (SSSR count). The van der Waals surface area contributed by atoms with Crippen LogP contribution < -0.4 is 15.0 Å². The van der Waals surface area contributed by atoms with Crippen LogP contribution in [-0.2, 0) is 11.8 Å². The lowest BCUT2D eigenvalue weighted by molar-refractivity contribution is -0.862. The number of carbonyl (C=O) groups is 3. The van der Waals surface area contributed by atoms with Crippen molar-refractivity contribution in [1.82, 2.24) is 19.4 Å². The molecule has 3 N–H and O–H groups in total. The highest BCUT2D eigenvalue weighted by molar-refractivity contribution is 6.34. The fraction of sp³-hybridized carbons (Fsp3) is 0.419. The first-order valence-electron chi connectivity index (χ1n) is 14.6. The number of aliphatic hydroxyl groups excluding tert-OH is 1. The Bertz CT molecular complexity index is 1560. The number of amides is 3. The average Bonchev–Trinajstić information content (AvgIpc) is 3.40. The van der Waals surface area contributed by atoms with Gasteiger partial charge in [-0.3, -0.25) is 14.4 Å². The van der Waals surface area contributed by atoms with E-state index in [9.17, 15) is 28.3 Å². The van der Waals surface area contributed by atoms with Crippen LogP contribution in [0.25, 0.3) is 11.3 Å². The summed E-state index contributed by atoms with van der Waals surface area (Å²) < 4.78 is 35.0. The molecule has 1 aromatic heterocycles. The molecule has 1 aliphatic heterocycles. The van der Waals surface area contributed by atoms with Gasteiger partial charge in [-0.15, -0.1) is 0 Å². The van der Waals surface area contributed by atoms with E-state index in [4.69, 9.17) is 16.3 Å². The monoisotopic (exact) mass is 647 g/mol. The minimum Gasteiger partial charge on any atom is -0.494 e. The van der Waals surface area contributed by atoms with Crippen molar-refractivity contribution < 1.29 is 37.9 Å². The standard InChI is InChI=1S/C31H37ClF2N6O5/c1-37(2)17-19(18-41)5-10-26(42)39-11-13-40(14-12-39)31(44)21-7-6-20(15-23(21)32)36-30(43)29-35-16-24(38(29)3)22-8-9-25(45-4)28(34)27(22)33/h6-9,15-16,19,41H,5,10-14,17-18H2,1-4H3,(H,36,43)/p+1/t19-/m1/s1. The normalized spacial score (nSPS) is 14.1. The molecule has 11 nitrogen and oxygen atoms in total. The molecule has 0 bridgehead atoms. The summed E-state index contributed by atoms with van der Waals surface area (Å²) in [6, 6.07) is 7.12. The number of quaternary nitrogens is 1. The zero-order valence-corrected chi connectivity index (χ0v) is 26.5. The molecule has 14 heteroatoms. The molecule has 1 saturated heterocycles. The maximum atomic E-state index is 14.6. The summed E-state index contributed by atoms with van der Waals surface area (Å²) in [6.45, 7) is 2.33.